The fourth-order valence-corrected chi connectivity index (χ4v) is 4.33. The molecule has 2 unspecified atom stereocenters. The zero-order chi connectivity index (χ0) is 20.5. The van der Waals surface area contributed by atoms with E-state index in [9.17, 15) is 26.3 Å². The van der Waals surface area contributed by atoms with Gasteiger partial charge < -0.3 is 0 Å². The molecule has 1 heterocycles. The number of alkyl halides is 6. The van der Waals surface area contributed by atoms with E-state index in [1.54, 1.807) is 0 Å². The Balaban J connectivity index is 1.94. The Morgan fingerprint density at radius 1 is 0.929 bits per heavy atom. The summed E-state index contributed by atoms with van der Waals surface area (Å²) in [5.74, 6) is 0. The van der Waals surface area contributed by atoms with Crippen LogP contribution in [-0.4, -0.2) is 35.8 Å². The summed E-state index contributed by atoms with van der Waals surface area (Å²) < 4.78 is 79.0. The Morgan fingerprint density at radius 3 is 2.18 bits per heavy atom. The van der Waals surface area contributed by atoms with Gasteiger partial charge in [-0.3, -0.25) is 9.89 Å². The van der Waals surface area contributed by atoms with Crippen LogP contribution in [0.4, 0.5) is 26.3 Å². The number of halogens is 6. The van der Waals surface area contributed by atoms with Gasteiger partial charge in [0.2, 0.25) is 0 Å². The molecule has 156 valence electrons. The number of rotatable bonds is 3. The molecule has 3 rings (SSSR count). The van der Waals surface area contributed by atoms with Crippen molar-refractivity contribution in [2.24, 2.45) is 4.99 Å². The minimum atomic E-state index is -4.88. The minimum Gasteiger partial charge on any atom is -0.298 e. The number of hydrogen-bond acceptors (Lipinski definition) is 2. The molecule has 2 atom stereocenters. The lowest BCUT2D eigenvalue weighted by Crippen LogP contribution is -2.43. The van der Waals surface area contributed by atoms with E-state index >= 15 is 0 Å². The van der Waals surface area contributed by atoms with Crippen LogP contribution in [0, 0.1) is 0 Å². The molecule has 1 aliphatic carbocycles. The highest BCUT2D eigenvalue weighted by atomic mass is 19.4. The molecule has 1 saturated carbocycles. The molecule has 0 amide bonds. The number of hydrogen-bond donors (Lipinski definition) is 0. The van der Waals surface area contributed by atoms with Gasteiger partial charge in [0.1, 0.15) is 0 Å². The molecule has 8 heteroatoms. The van der Waals surface area contributed by atoms with Crippen molar-refractivity contribution in [2.45, 2.75) is 69.9 Å². The lowest BCUT2D eigenvalue weighted by atomic mass is 9.89. The largest absolute Gasteiger partial charge is 0.417 e. The van der Waals surface area contributed by atoms with Gasteiger partial charge in [0.15, 0.2) is 0 Å². The van der Waals surface area contributed by atoms with Crippen LogP contribution in [0.2, 0.25) is 0 Å². The van der Waals surface area contributed by atoms with E-state index in [0.717, 1.165) is 57.7 Å². The van der Waals surface area contributed by atoms with Crippen LogP contribution in [0.3, 0.4) is 0 Å². The molecule has 28 heavy (non-hydrogen) atoms. The first kappa shape index (κ1) is 21.1. The molecule has 2 aliphatic rings. The highest BCUT2D eigenvalue weighted by Gasteiger charge is 2.39. The first-order chi connectivity index (χ1) is 13.1. The van der Waals surface area contributed by atoms with Crippen LogP contribution >= 0.6 is 0 Å². The van der Waals surface area contributed by atoms with Crippen molar-refractivity contribution in [1.29, 1.82) is 0 Å². The van der Waals surface area contributed by atoms with E-state index < -0.39 is 23.5 Å². The zero-order valence-corrected chi connectivity index (χ0v) is 15.7. The summed E-state index contributed by atoms with van der Waals surface area (Å²) in [6.07, 6.45) is -3.69. The molecular formula is C20H24F6N2. The summed E-state index contributed by atoms with van der Waals surface area (Å²) in [4.78, 5) is 6.95. The fourth-order valence-electron chi connectivity index (χ4n) is 4.33. The first-order valence-corrected chi connectivity index (χ1v) is 9.64. The van der Waals surface area contributed by atoms with Crippen LogP contribution in [0.25, 0.3) is 0 Å². The maximum Gasteiger partial charge on any atom is 0.417 e. The molecule has 0 bridgehead atoms. The van der Waals surface area contributed by atoms with E-state index in [-0.39, 0.29) is 29.4 Å². The zero-order valence-electron chi connectivity index (χ0n) is 15.7. The van der Waals surface area contributed by atoms with Crippen LogP contribution in [0.5, 0.6) is 0 Å². The Hall–Kier alpha value is -1.57. The highest BCUT2D eigenvalue weighted by Crippen LogP contribution is 2.38. The van der Waals surface area contributed by atoms with Crippen molar-refractivity contribution >= 4 is 5.71 Å². The monoisotopic (exact) mass is 406 g/mol. The van der Waals surface area contributed by atoms with E-state index in [2.05, 4.69) is 9.89 Å². The van der Waals surface area contributed by atoms with Gasteiger partial charge in [-0.1, -0.05) is 18.9 Å². The molecule has 2 nitrogen and oxygen atoms in total. The van der Waals surface area contributed by atoms with Crippen molar-refractivity contribution in [3.63, 3.8) is 0 Å². The standard InChI is InChI=1S/C20H24F6N2/c1-13(27-17-6-2-3-7-18(17)28-10-4-5-11-28)15-9-8-14(19(21,22)23)12-16(15)20(24,25)26/h8-9,12,17-18H,2-7,10-11H2,1H3. The first-order valence-electron chi connectivity index (χ1n) is 9.64. The maximum absolute atomic E-state index is 13.4. The molecule has 0 radical (unpaired) electrons. The predicted molar refractivity (Wildman–Crippen MR) is 95.5 cm³/mol. The van der Waals surface area contributed by atoms with Crippen LogP contribution < -0.4 is 0 Å². The molecular weight excluding hydrogens is 382 g/mol. The third kappa shape index (κ3) is 4.70. The Bertz CT molecular complexity index is 716. The second-order valence-electron chi connectivity index (χ2n) is 7.63. The van der Waals surface area contributed by atoms with E-state index in [1.165, 1.54) is 6.92 Å². The van der Waals surface area contributed by atoms with Gasteiger partial charge >= 0.3 is 12.4 Å². The second kappa shape index (κ2) is 8.05. The molecule has 2 fully saturated rings. The van der Waals surface area contributed by atoms with Crippen molar-refractivity contribution in [2.75, 3.05) is 13.1 Å². The summed E-state index contributed by atoms with van der Waals surface area (Å²) >= 11 is 0. The highest BCUT2D eigenvalue weighted by molar-refractivity contribution is 6.00. The van der Waals surface area contributed by atoms with Gasteiger partial charge in [-0.15, -0.1) is 0 Å². The van der Waals surface area contributed by atoms with Gasteiger partial charge in [-0.05, 0) is 57.8 Å². The van der Waals surface area contributed by atoms with Crippen molar-refractivity contribution < 1.29 is 26.3 Å². The van der Waals surface area contributed by atoms with Gasteiger partial charge in [-0.2, -0.15) is 26.3 Å². The summed E-state index contributed by atoms with van der Waals surface area (Å²) in [6, 6.07) is 1.87. The van der Waals surface area contributed by atoms with Crippen molar-refractivity contribution in [3.8, 4) is 0 Å². The van der Waals surface area contributed by atoms with Gasteiger partial charge in [0.25, 0.3) is 0 Å². The minimum absolute atomic E-state index is 0.116. The van der Waals surface area contributed by atoms with E-state index in [1.807, 2.05) is 0 Å². The molecule has 1 aromatic carbocycles. The third-order valence-corrected chi connectivity index (χ3v) is 5.71. The summed E-state index contributed by atoms with van der Waals surface area (Å²) in [7, 11) is 0. The predicted octanol–water partition coefficient (Wildman–Crippen LogP) is 5.94. The van der Waals surface area contributed by atoms with Crippen LogP contribution in [0.15, 0.2) is 23.2 Å². The molecule has 0 spiro atoms. The van der Waals surface area contributed by atoms with Gasteiger partial charge in [0.05, 0.1) is 17.2 Å². The smallest absolute Gasteiger partial charge is 0.298 e. The molecule has 1 aromatic rings. The SMILES string of the molecule is CC(=NC1CCCCC1N1CCCC1)c1ccc(C(F)(F)F)cc1C(F)(F)F. The summed E-state index contributed by atoms with van der Waals surface area (Å²) in [6.45, 7) is 3.42. The third-order valence-electron chi connectivity index (χ3n) is 5.71. The summed E-state index contributed by atoms with van der Waals surface area (Å²) in [5, 5.41) is 0. The van der Waals surface area contributed by atoms with Gasteiger partial charge in [-0.25, -0.2) is 0 Å². The topological polar surface area (TPSA) is 15.6 Å². The Labute approximate surface area is 160 Å². The average molecular weight is 406 g/mol. The number of aliphatic imine (C=N–C) groups is 1. The van der Waals surface area contributed by atoms with Crippen LogP contribution in [0.1, 0.15) is 62.1 Å². The second-order valence-corrected chi connectivity index (χ2v) is 7.63. The molecule has 0 aromatic heterocycles. The number of likely N-dealkylation sites (tertiary alicyclic amines) is 1. The quantitative estimate of drug-likeness (QED) is 0.448. The fraction of sp³-hybridized carbons (Fsp3) is 0.650. The van der Waals surface area contributed by atoms with Crippen molar-refractivity contribution in [1.82, 2.24) is 4.90 Å². The van der Waals surface area contributed by atoms with Gasteiger partial charge in [0, 0.05) is 17.3 Å². The van der Waals surface area contributed by atoms with Crippen LogP contribution in [-0.2, 0) is 12.4 Å². The normalized spacial score (nSPS) is 25.3. The lowest BCUT2D eigenvalue weighted by Gasteiger charge is -2.36. The molecule has 0 N–H and O–H groups in total. The van der Waals surface area contributed by atoms with E-state index in [0.29, 0.717) is 6.07 Å². The molecule has 1 saturated heterocycles. The lowest BCUT2D eigenvalue weighted by molar-refractivity contribution is -0.143. The van der Waals surface area contributed by atoms with Crippen molar-refractivity contribution in [3.05, 3.63) is 34.9 Å². The Kier molecular flexibility index (Phi) is 6.08. The molecule has 1 aliphatic heterocycles. The number of nitrogens with zero attached hydrogens (tertiary/aromatic N) is 2. The van der Waals surface area contributed by atoms with E-state index in [4.69, 9.17) is 0 Å². The Morgan fingerprint density at radius 2 is 1.57 bits per heavy atom. The average Bonchev–Trinajstić information content (AvgIpc) is 3.14. The maximum atomic E-state index is 13.4. The summed E-state index contributed by atoms with van der Waals surface area (Å²) in [5.41, 5.74) is -2.70. The number of benzene rings is 1.